The molecule has 98 valence electrons. The summed E-state index contributed by atoms with van der Waals surface area (Å²) < 4.78 is 14.3. The maximum atomic E-state index is 12.9. The minimum Gasteiger partial charge on any atom is -0.475 e. The lowest BCUT2D eigenvalue weighted by atomic mass is 10.1. The fourth-order valence-corrected chi connectivity index (χ4v) is 1.91. The Morgan fingerprint density at radius 3 is 2.32 bits per heavy atom. The Balaban J connectivity index is 2.56. The Kier molecular flexibility index (Phi) is 3.16. The number of carbonyl (C=O) groups excluding carboxylic acids is 1. The van der Waals surface area contributed by atoms with Crippen LogP contribution in [0.4, 0.5) is 4.39 Å². The predicted octanol–water partition coefficient (Wildman–Crippen LogP) is 1.90. The largest absolute Gasteiger partial charge is 0.475 e. The molecule has 0 spiro atoms. The van der Waals surface area contributed by atoms with Crippen molar-refractivity contribution in [2.24, 2.45) is 0 Å². The van der Waals surface area contributed by atoms with Gasteiger partial charge in [0.05, 0.1) is 22.6 Å². The van der Waals surface area contributed by atoms with Gasteiger partial charge >= 0.3 is 5.97 Å². The first-order valence-electron chi connectivity index (χ1n) is 5.51. The lowest BCUT2D eigenvalue weighted by molar-refractivity contribution is -0.131. The highest BCUT2D eigenvalue weighted by Crippen LogP contribution is 2.18. The van der Waals surface area contributed by atoms with E-state index in [9.17, 15) is 14.0 Å². The van der Waals surface area contributed by atoms with Crippen LogP contribution in [-0.4, -0.2) is 26.6 Å². The predicted molar refractivity (Wildman–Crippen MR) is 65.0 cm³/mol. The molecule has 0 fully saturated rings. The summed E-state index contributed by atoms with van der Waals surface area (Å²) in [7, 11) is 0. The van der Waals surface area contributed by atoms with Gasteiger partial charge in [-0.2, -0.15) is 5.10 Å². The highest BCUT2D eigenvalue weighted by atomic mass is 19.1. The number of aromatic nitrogens is 2. The molecule has 1 N–H and O–H groups in total. The summed E-state index contributed by atoms with van der Waals surface area (Å²) in [5, 5.41) is 12.9. The van der Waals surface area contributed by atoms with Gasteiger partial charge in [-0.25, -0.2) is 13.9 Å². The molecule has 0 unspecified atom stereocenters. The van der Waals surface area contributed by atoms with Crippen LogP contribution in [0.3, 0.4) is 0 Å². The van der Waals surface area contributed by atoms with Crippen LogP contribution in [0, 0.1) is 19.7 Å². The maximum absolute atomic E-state index is 12.9. The number of aliphatic carboxylic acids is 1. The number of hydrogen-bond acceptors (Lipinski definition) is 3. The number of carboxylic acid groups (broad SMARTS) is 1. The van der Waals surface area contributed by atoms with Gasteiger partial charge < -0.3 is 5.11 Å². The monoisotopic (exact) mass is 262 g/mol. The number of carboxylic acids is 1. The molecule has 1 aromatic carbocycles. The van der Waals surface area contributed by atoms with Crippen molar-refractivity contribution in [1.82, 2.24) is 9.78 Å². The topological polar surface area (TPSA) is 72.2 Å². The van der Waals surface area contributed by atoms with Crippen molar-refractivity contribution in [3.8, 4) is 5.69 Å². The molecule has 0 saturated carbocycles. The van der Waals surface area contributed by atoms with Crippen molar-refractivity contribution in [2.45, 2.75) is 13.8 Å². The summed E-state index contributed by atoms with van der Waals surface area (Å²) in [5.41, 5.74) is 1.37. The highest BCUT2D eigenvalue weighted by Gasteiger charge is 2.24. The van der Waals surface area contributed by atoms with Crippen LogP contribution >= 0.6 is 0 Å². The van der Waals surface area contributed by atoms with Gasteiger partial charge in [0.15, 0.2) is 0 Å². The number of Topliss-reactive ketones (excluding diaryl/α,β-unsaturated/α-hetero) is 1. The van der Waals surface area contributed by atoms with E-state index in [1.165, 1.54) is 28.9 Å². The van der Waals surface area contributed by atoms with Crippen molar-refractivity contribution >= 4 is 11.8 Å². The third-order valence-corrected chi connectivity index (χ3v) is 2.78. The number of benzene rings is 1. The Morgan fingerprint density at radius 1 is 1.21 bits per heavy atom. The second kappa shape index (κ2) is 4.64. The fourth-order valence-electron chi connectivity index (χ4n) is 1.91. The zero-order valence-electron chi connectivity index (χ0n) is 10.3. The third kappa shape index (κ3) is 2.24. The summed E-state index contributed by atoms with van der Waals surface area (Å²) in [6.45, 7) is 3.16. The average molecular weight is 262 g/mol. The first kappa shape index (κ1) is 12.9. The van der Waals surface area contributed by atoms with Gasteiger partial charge in [0.25, 0.3) is 5.78 Å². The Labute approximate surface area is 108 Å². The van der Waals surface area contributed by atoms with Crippen LogP contribution < -0.4 is 0 Å². The lowest BCUT2D eigenvalue weighted by Crippen LogP contribution is -2.14. The van der Waals surface area contributed by atoms with E-state index in [4.69, 9.17) is 5.11 Å². The lowest BCUT2D eigenvalue weighted by Gasteiger charge is -2.04. The molecule has 6 heteroatoms. The number of nitrogens with zero attached hydrogens (tertiary/aromatic N) is 2. The molecule has 0 bridgehead atoms. The van der Waals surface area contributed by atoms with Gasteiger partial charge in [-0.3, -0.25) is 4.79 Å². The van der Waals surface area contributed by atoms with Crippen molar-refractivity contribution in [3.63, 3.8) is 0 Å². The summed E-state index contributed by atoms with van der Waals surface area (Å²) in [6, 6.07) is 5.54. The van der Waals surface area contributed by atoms with Gasteiger partial charge in [-0.05, 0) is 38.1 Å². The maximum Gasteiger partial charge on any atom is 0.377 e. The van der Waals surface area contributed by atoms with Crippen LogP contribution in [0.25, 0.3) is 5.69 Å². The van der Waals surface area contributed by atoms with Gasteiger partial charge in [0.2, 0.25) is 0 Å². The van der Waals surface area contributed by atoms with Crippen molar-refractivity contribution < 1.29 is 19.1 Å². The van der Waals surface area contributed by atoms with Crippen LogP contribution in [0.15, 0.2) is 24.3 Å². The second-order valence-corrected chi connectivity index (χ2v) is 4.07. The number of halogens is 1. The van der Waals surface area contributed by atoms with Crippen LogP contribution in [0.5, 0.6) is 0 Å². The summed E-state index contributed by atoms with van der Waals surface area (Å²) in [6.07, 6.45) is 0. The SMILES string of the molecule is Cc1nn(-c2ccc(F)cc2)c(C)c1C(=O)C(=O)O. The van der Waals surface area contributed by atoms with Gasteiger partial charge in [-0.1, -0.05) is 0 Å². The third-order valence-electron chi connectivity index (χ3n) is 2.78. The number of ketones is 1. The number of hydrogen-bond donors (Lipinski definition) is 1. The highest BCUT2D eigenvalue weighted by molar-refractivity contribution is 6.40. The molecule has 0 saturated heterocycles. The molecule has 2 aromatic rings. The summed E-state index contributed by atoms with van der Waals surface area (Å²) in [4.78, 5) is 22.3. The summed E-state index contributed by atoms with van der Waals surface area (Å²) >= 11 is 0. The Morgan fingerprint density at radius 2 is 1.79 bits per heavy atom. The molecule has 0 aliphatic carbocycles. The Bertz CT molecular complexity index is 659. The molecular formula is C13H11FN2O3. The van der Waals surface area contributed by atoms with Gasteiger partial charge in [0, 0.05) is 0 Å². The Hall–Kier alpha value is -2.50. The zero-order chi connectivity index (χ0) is 14.2. The molecule has 0 atom stereocenters. The molecule has 5 nitrogen and oxygen atoms in total. The molecule has 1 aromatic heterocycles. The molecule has 0 radical (unpaired) electrons. The van der Waals surface area contributed by atoms with Gasteiger partial charge in [0.1, 0.15) is 5.82 Å². The molecule has 2 rings (SSSR count). The average Bonchev–Trinajstić information content (AvgIpc) is 2.65. The molecule has 0 aliphatic rings. The number of carbonyl (C=O) groups is 2. The summed E-state index contributed by atoms with van der Waals surface area (Å²) in [5.74, 6) is -2.90. The van der Waals surface area contributed by atoms with Crippen molar-refractivity contribution in [3.05, 3.63) is 47.0 Å². The quantitative estimate of drug-likeness (QED) is 0.677. The van der Waals surface area contributed by atoms with E-state index in [1.54, 1.807) is 13.8 Å². The normalized spacial score (nSPS) is 10.5. The standard InChI is InChI=1S/C13H11FN2O3/c1-7-11(12(17)13(18)19)8(2)16(15-7)10-5-3-9(14)4-6-10/h3-6H,1-2H3,(H,18,19). The fraction of sp³-hybridized carbons (Fsp3) is 0.154. The van der Waals surface area contributed by atoms with E-state index in [1.807, 2.05) is 0 Å². The van der Waals surface area contributed by atoms with Crippen molar-refractivity contribution in [2.75, 3.05) is 0 Å². The van der Waals surface area contributed by atoms with Crippen LogP contribution in [0.2, 0.25) is 0 Å². The molecule has 0 amide bonds. The minimum atomic E-state index is -1.52. The zero-order valence-corrected chi connectivity index (χ0v) is 10.3. The molecular weight excluding hydrogens is 251 g/mol. The number of aryl methyl sites for hydroxylation is 1. The van der Waals surface area contributed by atoms with Crippen LogP contribution in [-0.2, 0) is 4.79 Å². The first-order valence-corrected chi connectivity index (χ1v) is 5.51. The van der Waals surface area contributed by atoms with E-state index in [-0.39, 0.29) is 11.4 Å². The first-order chi connectivity index (χ1) is 8.91. The van der Waals surface area contributed by atoms with E-state index in [0.29, 0.717) is 17.1 Å². The molecule has 0 aliphatic heterocycles. The molecule has 19 heavy (non-hydrogen) atoms. The number of rotatable bonds is 3. The van der Waals surface area contributed by atoms with E-state index >= 15 is 0 Å². The minimum absolute atomic E-state index is 0.0665. The van der Waals surface area contributed by atoms with E-state index < -0.39 is 11.8 Å². The van der Waals surface area contributed by atoms with Crippen molar-refractivity contribution in [1.29, 1.82) is 0 Å². The van der Waals surface area contributed by atoms with Gasteiger partial charge in [-0.15, -0.1) is 0 Å². The smallest absolute Gasteiger partial charge is 0.377 e. The van der Waals surface area contributed by atoms with E-state index in [2.05, 4.69) is 5.10 Å². The molecule has 1 heterocycles. The van der Waals surface area contributed by atoms with Crippen LogP contribution in [0.1, 0.15) is 21.7 Å². The second-order valence-electron chi connectivity index (χ2n) is 4.07. The van der Waals surface area contributed by atoms with E-state index in [0.717, 1.165) is 0 Å².